The highest BCUT2D eigenvalue weighted by Gasteiger charge is 2.17. The Hall–Kier alpha value is -4.04. The fourth-order valence-corrected chi connectivity index (χ4v) is 3.63. The SMILES string of the molecule is COC(CNC(=O)c1nc2cc3c(-c4ccncc4)n[nH]c3cc2[nH]1)c1ccccc1. The summed E-state index contributed by atoms with van der Waals surface area (Å²) in [7, 11) is 1.63. The van der Waals surface area contributed by atoms with Crippen LogP contribution in [0.1, 0.15) is 22.3 Å². The number of rotatable bonds is 6. The molecule has 3 heterocycles. The summed E-state index contributed by atoms with van der Waals surface area (Å²) in [5.74, 6) is -0.0330. The van der Waals surface area contributed by atoms with Gasteiger partial charge in [-0.1, -0.05) is 30.3 Å². The second-order valence-corrected chi connectivity index (χ2v) is 7.15. The van der Waals surface area contributed by atoms with E-state index in [1.165, 1.54) is 0 Å². The van der Waals surface area contributed by atoms with Gasteiger partial charge < -0.3 is 15.0 Å². The highest BCUT2D eigenvalue weighted by atomic mass is 16.5. The number of methoxy groups -OCH3 is 1. The molecule has 0 aliphatic rings. The third kappa shape index (κ3) is 3.64. The summed E-state index contributed by atoms with van der Waals surface area (Å²) in [6.07, 6.45) is 3.23. The number of nitrogens with zero attached hydrogens (tertiary/aromatic N) is 3. The van der Waals surface area contributed by atoms with Crippen molar-refractivity contribution in [2.45, 2.75) is 6.10 Å². The molecule has 3 N–H and O–H groups in total. The lowest BCUT2D eigenvalue weighted by molar-refractivity contribution is 0.0821. The van der Waals surface area contributed by atoms with Crippen molar-refractivity contribution >= 4 is 27.8 Å². The maximum absolute atomic E-state index is 12.7. The highest BCUT2D eigenvalue weighted by molar-refractivity contribution is 6.02. The van der Waals surface area contributed by atoms with Gasteiger partial charge in [0, 0.05) is 37.0 Å². The third-order valence-electron chi connectivity index (χ3n) is 5.24. The predicted octanol–water partition coefficient (Wildman–Crippen LogP) is 3.62. The number of pyridine rings is 1. The van der Waals surface area contributed by atoms with E-state index in [9.17, 15) is 4.79 Å². The third-order valence-corrected chi connectivity index (χ3v) is 5.24. The second kappa shape index (κ2) is 8.00. The normalized spacial score (nSPS) is 12.3. The fraction of sp³-hybridized carbons (Fsp3) is 0.130. The van der Waals surface area contributed by atoms with Gasteiger partial charge in [-0.05, 0) is 29.8 Å². The number of aromatic amines is 2. The molecule has 3 aromatic heterocycles. The molecule has 5 aromatic rings. The number of amides is 1. The Labute approximate surface area is 177 Å². The van der Waals surface area contributed by atoms with Crippen LogP contribution in [-0.4, -0.2) is 44.7 Å². The minimum absolute atomic E-state index is 0.235. The van der Waals surface area contributed by atoms with Crippen LogP contribution in [0.2, 0.25) is 0 Å². The van der Waals surface area contributed by atoms with Crippen molar-refractivity contribution in [3.63, 3.8) is 0 Å². The quantitative estimate of drug-likeness (QED) is 0.395. The van der Waals surface area contributed by atoms with Gasteiger partial charge >= 0.3 is 0 Å². The number of carbonyl (C=O) groups is 1. The summed E-state index contributed by atoms with van der Waals surface area (Å²) in [4.78, 5) is 24.3. The average Bonchev–Trinajstić information content (AvgIpc) is 3.42. The van der Waals surface area contributed by atoms with Crippen molar-refractivity contribution in [1.29, 1.82) is 0 Å². The van der Waals surface area contributed by atoms with Crippen LogP contribution in [0.4, 0.5) is 0 Å². The maximum atomic E-state index is 12.7. The summed E-state index contributed by atoms with van der Waals surface area (Å²) in [5.41, 5.74) is 5.09. The first-order valence-electron chi connectivity index (χ1n) is 9.87. The van der Waals surface area contributed by atoms with Gasteiger partial charge in [0.25, 0.3) is 5.91 Å². The van der Waals surface area contributed by atoms with Crippen molar-refractivity contribution in [3.8, 4) is 11.3 Å². The van der Waals surface area contributed by atoms with E-state index in [0.29, 0.717) is 12.1 Å². The smallest absolute Gasteiger partial charge is 0.287 e. The first-order valence-corrected chi connectivity index (χ1v) is 9.87. The van der Waals surface area contributed by atoms with Crippen molar-refractivity contribution < 1.29 is 9.53 Å². The first kappa shape index (κ1) is 19.0. The number of ether oxygens (including phenoxy) is 1. The number of benzene rings is 2. The van der Waals surface area contributed by atoms with Crippen LogP contribution in [-0.2, 0) is 4.74 Å². The monoisotopic (exact) mass is 412 g/mol. The summed E-state index contributed by atoms with van der Waals surface area (Å²) in [6.45, 7) is 0.341. The van der Waals surface area contributed by atoms with Crippen molar-refractivity contribution in [1.82, 2.24) is 30.5 Å². The van der Waals surface area contributed by atoms with Crippen molar-refractivity contribution in [2.24, 2.45) is 0 Å². The molecule has 0 spiro atoms. The minimum Gasteiger partial charge on any atom is -0.375 e. The van der Waals surface area contributed by atoms with E-state index in [4.69, 9.17) is 4.74 Å². The van der Waals surface area contributed by atoms with Gasteiger partial charge in [0.05, 0.1) is 22.7 Å². The average molecular weight is 412 g/mol. The van der Waals surface area contributed by atoms with Crippen LogP contribution >= 0.6 is 0 Å². The molecule has 2 aromatic carbocycles. The molecule has 0 aliphatic carbocycles. The van der Waals surface area contributed by atoms with Gasteiger partial charge in [-0.15, -0.1) is 0 Å². The molecule has 5 rings (SSSR count). The Kier molecular flexibility index (Phi) is 4.89. The molecule has 1 amide bonds. The lowest BCUT2D eigenvalue weighted by atomic mass is 10.1. The molecule has 8 nitrogen and oxygen atoms in total. The number of aromatic nitrogens is 5. The van der Waals surface area contributed by atoms with Crippen LogP contribution < -0.4 is 5.32 Å². The Bertz CT molecular complexity index is 1340. The molecule has 154 valence electrons. The Balaban J connectivity index is 1.40. The first-order chi connectivity index (χ1) is 15.2. The van der Waals surface area contributed by atoms with Gasteiger partial charge in [-0.3, -0.25) is 14.9 Å². The number of carbonyl (C=O) groups excluding carboxylic acids is 1. The molecular formula is C23H20N6O2. The predicted molar refractivity (Wildman–Crippen MR) is 118 cm³/mol. The van der Waals surface area contributed by atoms with Crippen molar-refractivity contribution in [3.05, 3.63) is 78.4 Å². The topological polar surface area (TPSA) is 109 Å². The zero-order valence-corrected chi connectivity index (χ0v) is 16.8. The van der Waals surface area contributed by atoms with Crippen LogP contribution in [0.25, 0.3) is 33.2 Å². The summed E-state index contributed by atoms with van der Waals surface area (Å²) in [6, 6.07) is 17.4. The molecule has 0 saturated heterocycles. The van der Waals surface area contributed by atoms with Crippen LogP contribution in [0.5, 0.6) is 0 Å². The molecule has 8 heteroatoms. The zero-order valence-electron chi connectivity index (χ0n) is 16.8. The van der Waals surface area contributed by atoms with Crippen LogP contribution in [0.3, 0.4) is 0 Å². The van der Waals surface area contributed by atoms with Gasteiger partial charge in [-0.25, -0.2) is 4.98 Å². The van der Waals surface area contributed by atoms with Gasteiger partial charge in [0.15, 0.2) is 5.82 Å². The zero-order chi connectivity index (χ0) is 21.2. The molecule has 31 heavy (non-hydrogen) atoms. The number of hydrogen-bond acceptors (Lipinski definition) is 5. The van der Waals surface area contributed by atoms with E-state index in [-0.39, 0.29) is 17.8 Å². The lowest BCUT2D eigenvalue weighted by Gasteiger charge is -2.15. The maximum Gasteiger partial charge on any atom is 0.287 e. The van der Waals surface area contributed by atoms with E-state index in [1.54, 1.807) is 19.5 Å². The molecule has 0 aliphatic heterocycles. The molecule has 0 bridgehead atoms. The van der Waals surface area contributed by atoms with E-state index in [1.807, 2.05) is 54.6 Å². The van der Waals surface area contributed by atoms with E-state index in [2.05, 4.69) is 30.5 Å². The van der Waals surface area contributed by atoms with Crippen LogP contribution in [0.15, 0.2) is 67.0 Å². The largest absolute Gasteiger partial charge is 0.375 e. The lowest BCUT2D eigenvalue weighted by Crippen LogP contribution is -2.29. The van der Waals surface area contributed by atoms with E-state index < -0.39 is 0 Å². The molecule has 1 atom stereocenters. The molecule has 0 fully saturated rings. The minimum atomic E-state index is -0.287. The Morgan fingerprint density at radius 2 is 1.90 bits per heavy atom. The fourth-order valence-electron chi connectivity index (χ4n) is 3.63. The van der Waals surface area contributed by atoms with Crippen LogP contribution in [0, 0.1) is 0 Å². The second-order valence-electron chi connectivity index (χ2n) is 7.15. The Morgan fingerprint density at radius 3 is 2.68 bits per heavy atom. The number of nitrogens with one attached hydrogen (secondary N) is 3. The Morgan fingerprint density at radius 1 is 1.10 bits per heavy atom. The molecule has 1 unspecified atom stereocenters. The summed E-state index contributed by atoms with van der Waals surface area (Å²) in [5, 5.41) is 11.3. The summed E-state index contributed by atoms with van der Waals surface area (Å²) >= 11 is 0. The summed E-state index contributed by atoms with van der Waals surface area (Å²) < 4.78 is 5.52. The van der Waals surface area contributed by atoms with Gasteiger partial charge in [0.2, 0.25) is 0 Å². The number of imidazole rings is 1. The van der Waals surface area contributed by atoms with Gasteiger partial charge in [0.1, 0.15) is 5.69 Å². The van der Waals surface area contributed by atoms with E-state index >= 15 is 0 Å². The van der Waals surface area contributed by atoms with Gasteiger partial charge in [-0.2, -0.15) is 5.10 Å². The number of hydrogen-bond donors (Lipinski definition) is 3. The molecular weight excluding hydrogens is 392 g/mol. The van der Waals surface area contributed by atoms with Crippen molar-refractivity contribution in [2.75, 3.05) is 13.7 Å². The molecule has 0 radical (unpaired) electrons. The highest BCUT2D eigenvalue weighted by Crippen LogP contribution is 2.28. The standard InChI is InChI=1S/C23H20N6O2/c1-31-20(14-5-3-2-4-6-14)13-25-23(30)22-26-18-11-16-17(12-19(18)27-22)28-29-21(16)15-7-9-24-10-8-15/h2-12,20H,13H2,1H3,(H,25,30)(H,26,27)(H,28,29). The number of H-pyrrole nitrogens is 2. The van der Waals surface area contributed by atoms with E-state index in [0.717, 1.165) is 33.2 Å². The number of fused-ring (bicyclic) bond motifs is 2. The molecule has 0 saturated carbocycles.